The molecule has 0 aliphatic carbocycles. The van der Waals surface area contributed by atoms with Gasteiger partial charge in [0.15, 0.2) is 0 Å². The van der Waals surface area contributed by atoms with Crippen LogP contribution in [0.1, 0.15) is 94.4 Å². The molecule has 5 amide bonds. The van der Waals surface area contributed by atoms with E-state index >= 15 is 0 Å². The first-order valence-corrected chi connectivity index (χ1v) is 18.6. The molecule has 0 bridgehead atoms. The summed E-state index contributed by atoms with van der Waals surface area (Å²) in [6.07, 6.45) is 1.10. The van der Waals surface area contributed by atoms with Gasteiger partial charge in [0.1, 0.15) is 12.1 Å². The van der Waals surface area contributed by atoms with Crippen LogP contribution >= 0.6 is 0 Å². The standard InChI is InChI=1S/C37H70N6O8/c1-15-24(8)32(42(12)37(48)30(22(4)5)39-36(47)31(23(6)7)41(10)11)28(50-13)20-29(44)43-18-16-17-27(43)33(51-14)25(9)34(45)38-26(19-21(2)3)35(46)40-49/h21-28,30-33,49H,15-20H2,1-14H3,(H,38,45)(H,39,47)(H,40,46)/t24-,25+,26-,27-,28+,30-,31?,32-,33+/m0/s1. The Hall–Kier alpha value is -2.81. The van der Waals surface area contributed by atoms with Gasteiger partial charge in [0, 0.05) is 27.8 Å². The Labute approximate surface area is 307 Å². The Balaban J connectivity index is 3.28. The van der Waals surface area contributed by atoms with Crippen LogP contribution < -0.4 is 16.1 Å². The summed E-state index contributed by atoms with van der Waals surface area (Å²) in [6.45, 7) is 17.8. The molecule has 0 radical (unpaired) electrons. The summed E-state index contributed by atoms with van der Waals surface area (Å²) >= 11 is 0. The predicted molar refractivity (Wildman–Crippen MR) is 197 cm³/mol. The highest BCUT2D eigenvalue weighted by molar-refractivity contribution is 5.90. The van der Waals surface area contributed by atoms with Gasteiger partial charge in [0.25, 0.3) is 5.91 Å². The lowest BCUT2D eigenvalue weighted by Gasteiger charge is -2.41. The van der Waals surface area contributed by atoms with Gasteiger partial charge < -0.3 is 29.9 Å². The maximum Gasteiger partial charge on any atom is 0.265 e. The molecule has 0 aromatic heterocycles. The summed E-state index contributed by atoms with van der Waals surface area (Å²) in [4.78, 5) is 72.6. The Bertz CT molecular complexity index is 1130. The van der Waals surface area contributed by atoms with Crippen molar-refractivity contribution >= 4 is 29.5 Å². The molecule has 1 rings (SSSR count). The maximum absolute atomic E-state index is 14.2. The number of ether oxygens (including phenoxy) is 2. The molecule has 1 heterocycles. The van der Waals surface area contributed by atoms with Crippen molar-refractivity contribution in [3.63, 3.8) is 0 Å². The molecule has 14 heteroatoms. The maximum atomic E-state index is 14.2. The van der Waals surface area contributed by atoms with Gasteiger partial charge in [0.05, 0.1) is 42.7 Å². The van der Waals surface area contributed by atoms with Gasteiger partial charge in [-0.05, 0) is 57.0 Å². The summed E-state index contributed by atoms with van der Waals surface area (Å²) in [5, 5.41) is 15.0. The van der Waals surface area contributed by atoms with Crippen molar-refractivity contribution in [1.29, 1.82) is 0 Å². The predicted octanol–water partition coefficient (Wildman–Crippen LogP) is 2.67. The van der Waals surface area contributed by atoms with Crippen LogP contribution in [0.25, 0.3) is 0 Å². The van der Waals surface area contributed by atoms with Crippen molar-refractivity contribution in [2.75, 3.05) is 41.9 Å². The third-order valence-electron chi connectivity index (χ3n) is 10.4. The van der Waals surface area contributed by atoms with Gasteiger partial charge >= 0.3 is 0 Å². The van der Waals surface area contributed by atoms with Gasteiger partial charge in [-0.25, -0.2) is 5.48 Å². The second-order valence-electron chi connectivity index (χ2n) is 15.6. The lowest BCUT2D eigenvalue weighted by Crippen LogP contribution is -2.59. The quantitative estimate of drug-likeness (QED) is 0.103. The van der Waals surface area contributed by atoms with E-state index in [1.54, 1.807) is 36.4 Å². The van der Waals surface area contributed by atoms with Gasteiger partial charge in [-0.15, -0.1) is 0 Å². The average molecular weight is 727 g/mol. The van der Waals surface area contributed by atoms with Gasteiger partial charge in [-0.2, -0.15) is 0 Å². The normalized spacial score (nSPS) is 19.7. The van der Waals surface area contributed by atoms with Crippen molar-refractivity contribution in [2.24, 2.45) is 29.6 Å². The molecule has 0 spiro atoms. The van der Waals surface area contributed by atoms with Crippen molar-refractivity contribution in [1.82, 2.24) is 30.8 Å². The van der Waals surface area contributed by atoms with Crippen LogP contribution in [0.5, 0.6) is 0 Å². The number of nitrogens with one attached hydrogen (secondary N) is 3. The fourth-order valence-corrected chi connectivity index (χ4v) is 7.50. The number of likely N-dealkylation sites (N-methyl/N-ethyl adjacent to an activating group) is 2. The number of carbonyl (C=O) groups is 5. The number of rotatable bonds is 21. The number of nitrogens with zero attached hydrogens (tertiary/aromatic N) is 3. The zero-order chi connectivity index (χ0) is 39.3. The lowest BCUT2D eigenvalue weighted by molar-refractivity contribution is -0.148. The number of hydrogen-bond donors (Lipinski definition) is 4. The van der Waals surface area contributed by atoms with E-state index in [0.29, 0.717) is 19.4 Å². The number of amides is 5. The smallest absolute Gasteiger partial charge is 0.265 e. The number of hydrogen-bond acceptors (Lipinski definition) is 9. The molecule has 0 aromatic rings. The summed E-state index contributed by atoms with van der Waals surface area (Å²) in [5.41, 5.74) is 1.63. The van der Waals surface area contributed by atoms with Crippen LogP contribution in [0.4, 0.5) is 0 Å². The molecular weight excluding hydrogens is 656 g/mol. The van der Waals surface area contributed by atoms with E-state index in [9.17, 15) is 29.2 Å². The topological polar surface area (TPSA) is 170 Å². The molecule has 9 atom stereocenters. The molecule has 51 heavy (non-hydrogen) atoms. The zero-order valence-electron chi connectivity index (χ0n) is 33.8. The molecule has 1 unspecified atom stereocenters. The minimum Gasteiger partial charge on any atom is -0.379 e. The first kappa shape index (κ1) is 46.2. The molecule has 14 nitrogen and oxygen atoms in total. The number of carbonyl (C=O) groups excluding carboxylic acids is 5. The van der Waals surface area contributed by atoms with Crippen molar-refractivity contribution in [3.05, 3.63) is 0 Å². The molecule has 0 aromatic carbocycles. The number of methoxy groups -OCH3 is 2. The fraction of sp³-hybridized carbons (Fsp3) is 0.865. The Morgan fingerprint density at radius 1 is 0.863 bits per heavy atom. The SMILES string of the molecule is CC[C@H](C)[C@@H]([C@@H](CC(=O)N1CCC[C@H]1[C@H](OC)[C@@H](C)C(=O)N[C@@H](CC(C)C)C(=O)NO)OC)N(C)C(=O)[C@@H](NC(=O)C(C(C)C)N(C)C)C(C)C. The number of likely N-dealkylation sites (tertiary alicyclic amines) is 1. The fourth-order valence-electron chi connectivity index (χ4n) is 7.50. The molecule has 1 aliphatic rings. The zero-order valence-corrected chi connectivity index (χ0v) is 33.8. The molecule has 1 fully saturated rings. The molecule has 4 N–H and O–H groups in total. The molecular formula is C37H70N6O8. The van der Waals surface area contributed by atoms with Crippen LogP contribution in [0, 0.1) is 29.6 Å². The largest absolute Gasteiger partial charge is 0.379 e. The second-order valence-corrected chi connectivity index (χ2v) is 15.6. The lowest BCUT2D eigenvalue weighted by atomic mass is 9.89. The van der Waals surface area contributed by atoms with E-state index in [1.165, 1.54) is 7.11 Å². The first-order chi connectivity index (χ1) is 23.8. The Morgan fingerprint density at radius 3 is 1.92 bits per heavy atom. The highest BCUT2D eigenvalue weighted by Crippen LogP contribution is 2.30. The third-order valence-corrected chi connectivity index (χ3v) is 10.4. The molecule has 1 aliphatic heterocycles. The Morgan fingerprint density at radius 2 is 1.47 bits per heavy atom. The highest BCUT2D eigenvalue weighted by Gasteiger charge is 2.43. The summed E-state index contributed by atoms with van der Waals surface area (Å²) in [6, 6.07) is -2.96. The van der Waals surface area contributed by atoms with E-state index in [0.717, 1.165) is 12.8 Å². The van der Waals surface area contributed by atoms with Crippen molar-refractivity contribution in [3.8, 4) is 0 Å². The summed E-state index contributed by atoms with van der Waals surface area (Å²) in [5.74, 6) is -2.56. The first-order valence-electron chi connectivity index (χ1n) is 18.6. The van der Waals surface area contributed by atoms with Gasteiger partial charge in [-0.3, -0.25) is 34.1 Å². The van der Waals surface area contributed by atoms with Gasteiger partial charge in [-0.1, -0.05) is 68.7 Å². The van der Waals surface area contributed by atoms with E-state index in [4.69, 9.17) is 9.47 Å². The minimum atomic E-state index is -0.920. The van der Waals surface area contributed by atoms with Crippen LogP contribution in [-0.4, -0.2) is 134 Å². The van der Waals surface area contributed by atoms with Crippen LogP contribution in [-0.2, 0) is 33.4 Å². The monoisotopic (exact) mass is 727 g/mol. The third kappa shape index (κ3) is 12.7. The van der Waals surface area contributed by atoms with Crippen LogP contribution in [0.2, 0.25) is 0 Å². The van der Waals surface area contributed by atoms with Crippen LogP contribution in [0.3, 0.4) is 0 Å². The highest BCUT2D eigenvalue weighted by atomic mass is 16.5. The van der Waals surface area contributed by atoms with E-state index in [1.807, 2.05) is 74.4 Å². The van der Waals surface area contributed by atoms with Crippen molar-refractivity contribution in [2.45, 2.75) is 137 Å². The average Bonchev–Trinajstić information content (AvgIpc) is 3.54. The molecule has 0 saturated carbocycles. The Kier molecular flexibility index (Phi) is 19.6. The number of hydroxylamine groups is 1. The van der Waals surface area contributed by atoms with Crippen molar-refractivity contribution < 1.29 is 38.7 Å². The van der Waals surface area contributed by atoms with Gasteiger partial charge in [0.2, 0.25) is 23.6 Å². The van der Waals surface area contributed by atoms with E-state index in [2.05, 4.69) is 10.6 Å². The summed E-state index contributed by atoms with van der Waals surface area (Å²) in [7, 11) is 8.45. The second kappa shape index (κ2) is 21.7. The summed E-state index contributed by atoms with van der Waals surface area (Å²) < 4.78 is 11.8. The van der Waals surface area contributed by atoms with Crippen LogP contribution in [0.15, 0.2) is 0 Å². The minimum absolute atomic E-state index is 0.00146. The molecule has 296 valence electrons. The molecule has 1 saturated heterocycles. The van der Waals surface area contributed by atoms with E-state index < -0.39 is 60.1 Å². The van der Waals surface area contributed by atoms with E-state index in [-0.39, 0.29) is 47.8 Å².